The highest BCUT2D eigenvalue weighted by molar-refractivity contribution is 6.02. The molecule has 0 atom stereocenters. The number of ether oxygens (including phenoxy) is 2. The fraction of sp³-hybridized carbons (Fsp3) is 0.261. The lowest BCUT2D eigenvalue weighted by molar-refractivity contribution is -0.115. The molecule has 0 heterocycles. The molecule has 0 saturated carbocycles. The van der Waals surface area contributed by atoms with Crippen LogP contribution in [0.4, 0.5) is 16.2 Å². The number of amides is 3. The molecule has 0 spiro atoms. The molecular weight excluding hydrogens is 398 g/mol. The van der Waals surface area contributed by atoms with Gasteiger partial charge in [-0.05, 0) is 68.8 Å². The standard InChI is InChI=1S/C23H27N3O5/c1-23(2,3)31-22(29)24-15-21(28)26-18-11-9-17(10-12-18)25-20(27)13-8-16-6-5-7-19(14-16)30-4/h5-14H,15H2,1-4H3,(H,24,29)(H,25,27)(H,26,28)/b13-8+. The van der Waals surface area contributed by atoms with Crippen molar-refractivity contribution in [1.29, 1.82) is 0 Å². The van der Waals surface area contributed by atoms with Gasteiger partial charge in [-0.2, -0.15) is 0 Å². The van der Waals surface area contributed by atoms with Crippen LogP contribution in [-0.4, -0.2) is 37.2 Å². The van der Waals surface area contributed by atoms with Gasteiger partial charge in [0.05, 0.1) is 7.11 Å². The molecule has 8 nitrogen and oxygen atoms in total. The first-order valence-corrected chi connectivity index (χ1v) is 9.64. The van der Waals surface area contributed by atoms with Crippen molar-refractivity contribution >= 4 is 35.4 Å². The monoisotopic (exact) mass is 425 g/mol. The summed E-state index contributed by atoms with van der Waals surface area (Å²) >= 11 is 0. The summed E-state index contributed by atoms with van der Waals surface area (Å²) in [6.07, 6.45) is 2.44. The van der Waals surface area contributed by atoms with Crippen molar-refractivity contribution < 1.29 is 23.9 Å². The molecule has 0 aliphatic rings. The van der Waals surface area contributed by atoms with E-state index in [4.69, 9.17) is 9.47 Å². The van der Waals surface area contributed by atoms with Crippen molar-refractivity contribution in [2.45, 2.75) is 26.4 Å². The van der Waals surface area contributed by atoms with Crippen LogP contribution in [0.1, 0.15) is 26.3 Å². The van der Waals surface area contributed by atoms with Gasteiger partial charge in [0.15, 0.2) is 0 Å². The molecule has 3 N–H and O–H groups in total. The molecule has 31 heavy (non-hydrogen) atoms. The second-order valence-electron chi connectivity index (χ2n) is 7.58. The van der Waals surface area contributed by atoms with Crippen molar-refractivity contribution in [1.82, 2.24) is 5.32 Å². The molecule has 0 bridgehead atoms. The average molecular weight is 425 g/mol. The SMILES string of the molecule is COc1cccc(/C=C/C(=O)Nc2ccc(NC(=O)CNC(=O)OC(C)(C)C)cc2)c1. The van der Waals surface area contributed by atoms with Crippen molar-refractivity contribution in [2.24, 2.45) is 0 Å². The number of methoxy groups -OCH3 is 1. The summed E-state index contributed by atoms with van der Waals surface area (Å²) in [7, 11) is 1.58. The van der Waals surface area contributed by atoms with Crippen LogP contribution in [-0.2, 0) is 14.3 Å². The van der Waals surface area contributed by atoms with E-state index in [-0.39, 0.29) is 12.5 Å². The Kier molecular flexibility index (Phi) is 8.19. The van der Waals surface area contributed by atoms with Crippen LogP contribution in [0.15, 0.2) is 54.6 Å². The molecular formula is C23H27N3O5. The quantitative estimate of drug-likeness (QED) is 0.585. The van der Waals surface area contributed by atoms with Crippen LogP contribution in [0.3, 0.4) is 0 Å². The number of hydrogen-bond donors (Lipinski definition) is 3. The zero-order valence-corrected chi connectivity index (χ0v) is 18.0. The Morgan fingerprint density at radius 1 is 0.968 bits per heavy atom. The first-order chi connectivity index (χ1) is 14.6. The van der Waals surface area contributed by atoms with Crippen LogP contribution in [0.2, 0.25) is 0 Å². The first-order valence-electron chi connectivity index (χ1n) is 9.64. The van der Waals surface area contributed by atoms with Crippen LogP contribution < -0.4 is 20.7 Å². The minimum absolute atomic E-state index is 0.220. The zero-order chi connectivity index (χ0) is 22.9. The highest BCUT2D eigenvalue weighted by atomic mass is 16.6. The summed E-state index contributed by atoms with van der Waals surface area (Å²) in [6.45, 7) is 4.99. The van der Waals surface area contributed by atoms with Gasteiger partial charge in [0, 0.05) is 17.5 Å². The van der Waals surface area contributed by atoms with E-state index in [1.165, 1.54) is 6.08 Å². The van der Waals surface area contributed by atoms with Crippen LogP contribution in [0.5, 0.6) is 5.75 Å². The molecule has 164 valence electrons. The summed E-state index contributed by atoms with van der Waals surface area (Å²) in [5.74, 6) is 0.0199. The normalized spacial score (nSPS) is 11.0. The minimum atomic E-state index is -0.664. The maximum atomic E-state index is 12.1. The molecule has 2 rings (SSSR count). The summed E-state index contributed by atoms with van der Waals surface area (Å²) in [6, 6.07) is 14.0. The van der Waals surface area contributed by atoms with Gasteiger partial charge in [-0.1, -0.05) is 12.1 Å². The van der Waals surface area contributed by atoms with Crippen molar-refractivity contribution in [3.05, 3.63) is 60.2 Å². The Bertz CT molecular complexity index is 946. The second-order valence-corrected chi connectivity index (χ2v) is 7.58. The van der Waals surface area contributed by atoms with Crippen LogP contribution in [0.25, 0.3) is 6.08 Å². The first kappa shape index (κ1) is 23.5. The summed E-state index contributed by atoms with van der Waals surface area (Å²) in [4.78, 5) is 35.6. The van der Waals surface area contributed by atoms with E-state index in [9.17, 15) is 14.4 Å². The third-order valence-electron chi connectivity index (χ3n) is 3.75. The van der Waals surface area contributed by atoms with Gasteiger partial charge in [-0.25, -0.2) is 4.79 Å². The Hall–Kier alpha value is -3.81. The highest BCUT2D eigenvalue weighted by Crippen LogP contribution is 2.15. The average Bonchev–Trinajstić information content (AvgIpc) is 2.71. The van der Waals surface area contributed by atoms with E-state index in [2.05, 4.69) is 16.0 Å². The predicted molar refractivity (Wildman–Crippen MR) is 120 cm³/mol. The Morgan fingerprint density at radius 2 is 1.61 bits per heavy atom. The largest absolute Gasteiger partial charge is 0.497 e. The number of alkyl carbamates (subject to hydrolysis) is 1. The van der Waals surface area contributed by atoms with Crippen molar-refractivity contribution in [3.63, 3.8) is 0 Å². The van der Waals surface area contributed by atoms with E-state index < -0.39 is 17.6 Å². The molecule has 0 radical (unpaired) electrons. The number of nitrogens with one attached hydrogen (secondary N) is 3. The molecule has 2 aromatic carbocycles. The highest BCUT2D eigenvalue weighted by Gasteiger charge is 2.16. The van der Waals surface area contributed by atoms with E-state index in [0.717, 1.165) is 5.56 Å². The number of benzene rings is 2. The molecule has 0 aliphatic carbocycles. The molecule has 2 aromatic rings. The maximum absolute atomic E-state index is 12.1. The second kappa shape index (κ2) is 10.8. The summed E-state index contributed by atoms with van der Waals surface area (Å²) < 4.78 is 10.2. The third kappa shape index (κ3) is 9.03. The summed E-state index contributed by atoms with van der Waals surface area (Å²) in [5.41, 5.74) is 1.31. The van der Waals surface area contributed by atoms with Crippen LogP contribution >= 0.6 is 0 Å². The molecule has 0 fully saturated rings. The van der Waals surface area contributed by atoms with Crippen LogP contribution in [0, 0.1) is 0 Å². The minimum Gasteiger partial charge on any atom is -0.497 e. The lowest BCUT2D eigenvalue weighted by Crippen LogP contribution is -2.37. The van der Waals surface area contributed by atoms with E-state index in [0.29, 0.717) is 17.1 Å². The van der Waals surface area contributed by atoms with Crippen molar-refractivity contribution in [3.8, 4) is 5.75 Å². The number of carbonyl (C=O) groups excluding carboxylic acids is 3. The molecule has 0 unspecified atom stereocenters. The predicted octanol–water partition coefficient (Wildman–Crippen LogP) is 3.81. The maximum Gasteiger partial charge on any atom is 0.408 e. The Balaban J connectivity index is 1.81. The van der Waals surface area contributed by atoms with Gasteiger partial charge in [0.1, 0.15) is 17.9 Å². The van der Waals surface area contributed by atoms with Gasteiger partial charge in [0.25, 0.3) is 0 Å². The molecule has 0 saturated heterocycles. The number of anilines is 2. The Morgan fingerprint density at radius 3 is 2.23 bits per heavy atom. The fourth-order valence-corrected chi connectivity index (χ4v) is 2.41. The number of carbonyl (C=O) groups is 3. The molecule has 8 heteroatoms. The summed E-state index contributed by atoms with van der Waals surface area (Å²) in [5, 5.41) is 7.78. The molecule has 3 amide bonds. The molecule has 0 aliphatic heterocycles. The number of rotatable bonds is 7. The van der Waals surface area contributed by atoms with E-state index in [1.54, 1.807) is 58.2 Å². The topological polar surface area (TPSA) is 106 Å². The number of hydrogen-bond acceptors (Lipinski definition) is 5. The van der Waals surface area contributed by atoms with Gasteiger partial charge in [-0.15, -0.1) is 0 Å². The van der Waals surface area contributed by atoms with Crippen molar-refractivity contribution in [2.75, 3.05) is 24.3 Å². The lowest BCUT2D eigenvalue weighted by Gasteiger charge is -2.19. The van der Waals surface area contributed by atoms with E-state index in [1.807, 2.05) is 24.3 Å². The van der Waals surface area contributed by atoms with Gasteiger partial charge in [0.2, 0.25) is 11.8 Å². The van der Waals surface area contributed by atoms with Gasteiger partial charge in [-0.3, -0.25) is 9.59 Å². The zero-order valence-electron chi connectivity index (χ0n) is 18.0. The van der Waals surface area contributed by atoms with Gasteiger partial charge < -0.3 is 25.4 Å². The lowest BCUT2D eigenvalue weighted by atomic mass is 10.2. The smallest absolute Gasteiger partial charge is 0.408 e. The fourth-order valence-electron chi connectivity index (χ4n) is 2.41. The third-order valence-corrected chi connectivity index (χ3v) is 3.75. The molecule has 0 aromatic heterocycles. The van der Waals surface area contributed by atoms with Gasteiger partial charge >= 0.3 is 6.09 Å². The van der Waals surface area contributed by atoms with E-state index >= 15 is 0 Å². The Labute approximate surface area is 181 Å².